The van der Waals surface area contributed by atoms with Crippen molar-refractivity contribution in [1.29, 1.82) is 0 Å². The molecule has 0 heterocycles. The molecule has 1 aromatic rings. The van der Waals surface area contributed by atoms with E-state index in [0.717, 1.165) is 25.0 Å². The van der Waals surface area contributed by atoms with E-state index in [0.29, 0.717) is 12.5 Å². The predicted molar refractivity (Wildman–Crippen MR) is 69.0 cm³/mol. The zero-order valence-corrected chi connectivity index (χ0v) is 11.3. The highest BCUT2D eigenvalue weighted by Crippen LogP contribution is 2.23. The van der Waals surface area contributed by atoms with Crippen molar-refractivity contribution in [1.82, 2.24) is 4.72 Å². The molecule has 1 aliphatic rings. The maximum atomic E-state index is 13.2. The lowest BCUT2D eigenvalue weighted by Gasteiger charge is -2.17. The number of nitro benzene ring substituents is 1. The van der Waals surface area contributed by atoms with Crippen molar-refractivity contribution in [2.45, 2.75) is 36.2 Å². The first-order valence-electron chi connectivity index (χ1n) is 6.03. The molecule has 1 aromatic carbocycles. The van der Waals surface area contributed by atoms with E-state index in [-0.39, 0.29) is 10.9 Å². The molecule has 2 rings (SSSR count). The van der Waals surface area contributed by atoms with Crippen LogP contribution in [0.3, 0.4) is 0 Å². The highest BCUT2D eigenvalue weighted by atomic mass is 32.2. The van der Waals surface area contributed by atoms with E-state index in [4.69, 9.17) is 5.73 Å². The molecule has 1 fully saturated rings. The molecule has 1 aliphatic carbocycles. The number of nitrogens with zero attached hydrogens (tertiary/aromatic N) is 1. The van der Waals surface area contributed by atoms with Crippen LogP contribution < -0.4 is 10.5 Å². The van der Waals surface area contributed by atoms with Gasteiger partial charge in [-0.3, -0.25) is 10.1 Å². The number of halogens is 1. The topological polar surface area (TPSA) is 115 Å². The van der Waals surface area contributed by atoms with Gasteiger partial charge in [0, 0.05) is 18.2 Å². The standard InChI is InChI=1S/C11H14FN3O4S/c12-8-5-4-7(6-11(8)15(16)17)20(18,19)14-10-3-1-2-9(10)13/h4-6,9-10,14H,1-3,13H2. The van der Waals surface area contributed by atoms with Crippen molar-refractivity contribution in [2.75, 3.05) is 0 Å². The molecule has 0 spiro atoms. The average Bonchev–Trinajstić information content (AvgIpc) is 2.74. The summed E-state index contributed by atoms with van der Waals surface area (Å²) in [4.78, 5) is 9.32. The van der Waals surface area contributed by atoms with Gasteiger partial charge in [-0.1, -0.05) is 6.42 Å². The van der Waals surface area contributed by atoms with Crippen LogP contribution in [0, 0.1) is 15.9 Å². The minimum absolute atomic E-state index is 0.278. The SMILES string of the molecule is NC1CCCC1NS(=O)(=O)c1ccc(F)c([N+](=O)[O-])c1. The highest BCUT2D eigenvalue weighted by Gasteiger charge is 2.30. The molecule has 2 unspecified atom stereocenters. The van der Waals surface area contributed by atoms with Crippen LogP contribution in [0.25, 0.3) is 0 Å². The Bertz CT molecular complexity index is 635. The van der Waals surface area contributed by atoms with Crippen molar-refractivity contribution in [3.05, 3.63) is 34.1 Å². The molecule has 3 N–H and O–H groups in total. The molecule has 0 aromatic heterocycles. The van der Waals surface area contributed by atoms with Crippen LogP contribution in [0.15, 0.2) is 23.1 Å². The van der Waals surface area contributed by atoms with Crippen LogP contribution in [0.5, 0.6) is 0 Å². The van der Waals surface area contributed by atoms with Gasteiger partial charge in [0.25, 0.3) is 0 Å². The first kappa shape index (κ1) is 14.8. The lowest BCUT2D eigenvalue weighted by Crippen LogP contribution is -2.43. The third-order valence-electron chi connectivity index (χ3n) is 3.30. The van der Waals surface area contributed by atoms with Crippen molar-refractivity contribution < 1.29 is 17.7 Å². The predicted octanol–water partition coefficient (Wildman–Crippen LogP) is 0.892. The smallest absolute Gasteiger partial charge is 0.306 e. The fourth-order valence-electron chi connectivity index (χ4n) is 2.20. The largest absolute Gasteiger partial charge is 0.326 e. The first-order valence-corrected chi connectivity index (χ1v) is 7.51. The molecule has 7 nitrogen and oxygen atoms in total. The maximum absolute atomic E-state index is 13.2. The molecule has 2 atom stereocenters. The number of nitrogens with two attached hydrogens (primary N) is 1. The summed E-state index contributed by atoms with van der Waals surface area (Å²) in [6, 6.07) is 1.79. The Morgan fingerprint density at radius 3 is 2.65 bits per heavy atom. The lowest BCUT2D eigenvalue weighted by atomic mass is 10.2. The maximum Gasteiger partial charge on any atom is 0.306 e. The van der Waals surface area contributed by atoms with Gasteiger partial charge in [-0.15, -0.1) is 0 Å². The lowest BCUT2D eigenvalue weighted by molar-refractivity contribution is -0.387. The summed E-state index contributed by atoms with van der Waals surface area (Å²) in [5.41, 5.74) is 4.90. The summed E-state index contributed by atoms with van der Waals surface area (Å²) in [6.45, 7) is 0. The first-order chi connectivity index (χ1) is 9.31. The Morgan fingerprint density at radius 2 is 2.10 bits per heavy atom. The summed E-state index contributed by atoms with van der Waals surface area (Å²) in [7, 11) is -3.95. The summed E-state index contributed by atoms with van der Waals surface area (Å²) < 4.78 is 39.8. The second-order valence-corrected chi connectivity index (χ2v) is 6.41. The van der Waals surface area contributed by atoms with E-state index >= 15 is 0 Å². The Hall–Kier alpha value is -1.58. The summed E-state index contributed by atoms with van der Waals surface area (Å²) in [5, 5.41) is 10.6. The van der Waals surface area contributed by atoms with Crippen LogP contribution in [0.1, 0.15) is 19.3 Å². The summed E-state index contributed by atoms with van der Waals surface area (Å²) >= 11 is 0. The molecular formula is C11H14FN3O4S. The van der Waals surface area contributed by atoms with E-state index in [1.54, 1.807) is 0 Å². The van der Waals surface area contributed by atoms with Gasteiger partial charge < -0.3 is 5.73 Å². The summed E-state index contributed by atoms with van der Waals surface area (Å²) in [5.74, 6) is -1.08. The van der Waals surface area contributed by atoms with Gasteiger partial charge in [-0.2, -0.15) is 4.39 Å². The van der Waals surface area contributed by atoms with Crippen molar-refractivity contribution >= 4 is 15.7 Å². The van der Waals surface area contributed by atoms with E-state index in [9.17, 15) is 22.9 Å². The van der Waals surface area contributed by atoms with Crippen LogP contribution in [0.4, 0.5) is 10.1 Å². The fraction of sp³-hybridized carbons (Fsp3) is 0.455. The van der Waals surface area contributed by atoms with Crippen LogP contribution >= 0.6 is 0 Å². The Morgan fingerprint density at radius 1 is 1.40 bits per heavy atom. The third-order valence-corrected chi connectivity index (χ3v) is 4.79. The molecule has 0 bridgehead atoms. The van der Waals surface area contributed by atoms with E-state index in [1.165, 1.54) is 0 Å². The zero-order valence-electron chi connectivity index (χ0n) is 10.5. The van der Waals surface area contributed by atoms with Gasteiger partial charge in [-0.05, 0) is 25.0 Å². The van der Waals surface area contributed by atoms with Gasteiger partial charge in [-0.25, -0.2) is 13.1 Å². The van der Waals surface area contributed by atoms with Gasteiger partial charge in [0.1, 0.15) is 0 Å². The van der Waals surface area contributed by atoms with E-state index in [2.05, 4.69) is 4.72 Å². The zero-order chi connectivity index (χ0) is 14.9. The monoisotopic (exact) mass is 303 g/mol. The Kier molecular flexibility index (Phi) is 4.02. The number of nitro groups is 1. The minimum Gasteiger partial charge on any atom is -0.326 e. The molecule has 110 valence electrons. The number of rotatable bonds is 4. The number of sulfonamides is 1. The normalized spacial score (nSPS) is 22.9. The number of nitrogens with one attached hydrogen (secondary N) is 1. The Labute approximate surface area is 115 Å². The minimum atomic E-state index is -3.95. The Balaban J connectivity index is 2.30. The van der Waals surface area contributed by atoms with Crippen LogP contribution in [-0.4, -0.2) is 25.4 Å². The molecule has 0 radical (unpaired) electrons. The fourth-order valence-corrected chi connectivity index (χ4v) is 3.54. The van der Waals surface area contributed by atoms with Gasteiger partial charge in [0.15, 0.2) is 0 Å². The molecular weight excluding hydrogens is 289 g/mol. The molecule has 0 aliphatic heterocycles. The molecule has 20 heavy (non-hydrogen) atoms. The number of hydrogen-bond acceptors (Lipinski definition) is 5. The average molecular weight is 303 g/mol. The van der Waals surface area contributed by atoms with Crippen molar-refractivity contribution in [2.24, 2.45) is 5.73 Å². The highest BCUT2D eigenvalue weighted by molar-refractivity contribution is 7.89. The summed E-state index contributed by atoms with van der Waals surface area (Å²) in [6.07, 6.45) is 2.15. The van der Waals surface area contributed by atoms with Crippen LogP contribution in [0.2, 0.25) is 0 Å². The van der Waals surface area contributed by atoms with Gasteiger partial charge in [0.05, 0.1) is 9.82 Å². The van der Waals surface area contributed by atoms with Gasteiger partial charge >= 0.3 is 5.69 Å². The van der Waals surface area contributed by atoms with E-state index < -0.39 is 32.5 Å². The van der Waals surface area contributed by atoms with Gasteiger partial charge in [0.2, 0.25) is 15.8 Å². The van der Waals surface area contributed by atoms with Crippen molar-refractivity contribution in [3.8, 4) is 0 Å². The van der Waals surface area contributed by atoms with Crippen molar-refractivity contribution in [3.63, 3.8) is 0 Å². The van der Waals surface area contributed by atoms with Crippen LogP contribution in [-0.2, 0) is 10.0 Å². The molecule has 0 saturated heterocycles. The number of benzene rings is 1. The quantitative estimate of drug-likeness (QED) is 0.633. The molecule has 1 saturated carbocycles. The third kappa shape index (κ3) is 2.94. The second-order valence-electron chi connectivity index (χ2n) is 4.69. The number of hydrogen-bond donors (Lipinski definition) is 2. The molecule has 0 amide bonds. The molecule has 9 heteroatoms. The van der Waals surface area contributed by atoms with E-state index in [1.807, 2.05) is 0 Å². The second kappa shape index (κ2) is 5.43.